The minimum Gasteiger partial charge on any atom is -1.00 e. The first-order valence-corrected chi connectivity index (χ1v) is 15.4. The lowest BCUT2D eigenvalue weighted by atomic mass is 9.82. The van der Waals surface area contributed by atoms with E-state index in [0.717, 1.165) is 41.9 Å². The molecule has 3 aromatic rings. The van der Waals surface area contributed by atoms with Gasteiger partial charge in [0, 0.05) is 24.8 Å². The number of nitrogens with two attached hydrogens (primary N) is 3. The molecule has 0 heterocycles. The molecule has 0 amide bonds. The van der Waals surface area contributed by atoms with Crippen LogP contribution in [-0.2, 0) is 29.0 Å². The molecular formula is C34H50Cl4N4O4. The van der Waals surface area contributed by atoms with Gasteiger partial charge in [-0.2, -0.15) is 0 Å². The first-order chi connectivity index (χ1) is 20.5. The number of rotatable bonds is 21. The fraction of sp³-hybridized carbons (Fsp3) is 0.412. The number of quaternary nitrogens is 4. The van der Waals surface area contributed by atoms with Crippen LogP contribution in [0.4, 0.5) is 0 Å². The molecule has 2 atom stereocenters. The summed E-state index contributed by atoms with van der Waals surface area (Å²) in [4.78, 5) is 24.1. The summed E-state index contributed by atoms with van der Waals surface area (Å²) in [6.45, 7) is 7.93. The Labute approximate surface area is 298 Å². The molecule has 11 N–H and O–H groups in total. The van der Waals surface area contributed by atoms with E-state index >= 15 is 0 Å². The molecule has 0 aliphatic carbocycles. The molecule has 3 aromatic carbocycles. The van der Waals surface area contributed by atoms with Crippen LogP contribution in [-0.4, -0.2) is 61.4 Å². The molecule has 0 saturated carbocycles. The van der Waals surface area contributed by atoms with E-state index in [9.17, 15) is 19.8 Å². The second kappa shape index (κ2) is 26.6. The number of halogens is 4. The minimum atomic E-state index is -1.09. The largest absolute Gasteiger partial charge is 1.00 e. The van der Waals surface area contributed by atoms with Gasteiger partial charge in [-0.05, 0) is 35.1 Å². The van der Waals surface area contributed by atoms with Gasteiger partial charge in [-0.15, -0.1) is 0 Å². The van der Waals surface area contributed by atoms with E-state index in [1.807, 2.05) is 54.6 Å². The third-order valence-electron chi connectivity index (χ3n) is 7.79. The fourth-order valence-electron chi connectivity index (χ4n) is 5.25. The van der Waals surface area contributed by atoms with Crippen molar-refractivity contribution in [1.82, 2.24) is 0 Å². The van der Waals surface area contributed by atoms with E-state index in [0.29, 0.717) is 0 Å². The summed E-state index contributed by atoms with van der Waals surface area (Å²) < 4.78 is 0. The van der Waals surface area contributed by atoms with E-state index in [2.05, 4.69) is 45.9 Å². The summed E-state index contributed by atoms with van der Waals surface area (Å²) in [6, 6.07) is 25.6. The summed E-state index contributed by atoms with van der Waals surface area (Å²) in [7, 11) is 0. The molecule has 0 aromatic heterocycles. The average molecular weight is 721 g/mol. The Kier molecular flexibility index (Phi) is 26.5. The molecule has 12 heteroatoms. The average Bonchev–Trinajstić information content (AvgIpc) is 3.00. The molecule has 0 aliphatic rings. The van der Waals surface area contributed by atoms with Crippen molar-refractivity contribution < 1.29 is 91.1 Å². The second-order valence-corrected chi connectivity index (χ2v) is 11.1. The fourth-order valence-corrected chi connectivity index (χ4v) is 5.25. The van der Waals surface area contributed by atoms with Crippen molar-refractivity contribution in [2.45, 2.75) is 38.6 Å². The summed E-state index contributed by atoms with van der Waals surface area (Å²) >= 11 is 0. The molecule has 0 radical (unpaired) electrons. The van der Waals surface area contributed by atoms with Gasteiger partial charge >= 0.3 is 11.9 Å². The Balaban J connectivity index is 0. The summed E-state index contributed by atoms with van der Waals surface area (Å²) in [5.41, 5.74) is 8.96. The first-order valence-electron chi connectivity index (χ1n) is 15.4. The SMILES string of the molecule is [Cl-].[Cl-].[Cl-].[Cl-].[NH3+]CCC[NH2+]CCC[NH2+]CCC[NH2+]Cc1ccc(-c2ccc(C[C@H](C(=O)O)[C@H](Cc3ccccc3)C(=O)O)cc2)cc1. The van der Waals surface area contributed by atoms with Crippen LogP contribution in [0.15, 0.2) is 78.9 Å². The summed E-state index contributed by atoms with van der Waals surface area (Å²) in [5.74, 6) is -4.19. The summed E-state index contributed by atoms with van der Waals surface area (Å²) in [6.07, 6.45) is 4.03. The van der Waals surface area contributed by atoms with Crippen LogP contribution in [0.3, 0.4) is 0 Å². The monoisotopic (exact) mass is 718 g/mol. The predicted molar refractivity (Wildman–Crippen MR) is 163 cm³/mol. The van der Waals surface area contributed by atoms with E-state index in [1.165, 1.54) is 51.0 Å². The summed E-state index contributed by atoms with van der Waals surface area (Å²) in [5, 5.41) is 26.9. The van der Waals surface area contributed by atoms with Gasteiger partial charge in [0.15, 0.2) is 0 Å². The van der Waals surface area contributed by atoms with Gasteiger partial charge in [0.1, 0.15) is 6.54 Å². The van der Waals surface area contributed by atoms with E-state index in [4.69, 9.17) is 0 Å². The Bertz CT molecular complexity index is 1210. The third-order valence-corrected chi connectivity index (χ3v) is 7.79. The molecule has 0 spiro atoms. The highest BCUT2D eigenvalue weighted by Crippen LogP contribution is 2.25. The van der Waals surface area contributed by atoms with Crippen molar-refractivity contribution >= 4 is 11.9 Å². The van der Waals surface area contributed by atoms with E-state index in [1.54, 1.807) is 0 Å². The van der Waals surface area contributed by atoms with Crippen molar-refractivity contribution in [3.05, 3.63) is 95.6 Å². The zero-order valence-corrected chi connectivity index (χ0v) is 29.3. The van der Waals surface area contributed by atoms with Crippen molar-refractivity contribution in [1.29, 1.82) is 0 Å². The highest BCUT2D eigenvalue weighted by atomic mass is 35.5. The number of carboxylic acids is 2. The lowest BCUT2D eigenvalue weighted by molar-refractivity contribution is -0.695. The zero-order chi connectivity index (χ0) is 30.0. The highest BCUT2D eigenvalue weighted by molar-refractivity contribution is 5.80. The molecule has 8 nitrogen and oxygen atoms in total. The smallest absolute Gasteiger partial charge is 0.307 e. The Hall–Kier alpha value is -2.40. The van der Waals surface area contributed by atoms with Gasteiger partial charge in [0.05, 0.1) is 51.1 Å². The Morgan fingerprint density at radius 3 is 1.37 bits per heavy atom. The number of carboxylic acid groups (broad SMARTS) is 2. The van der Waals surface area contributed by atoms with E-state index in [-0.39, 0.29) is 62.5 Å². The van der Waals surface area contributed by atoms with Crippen LogP contribution in [0.5, 0.6) is 0 Å². The van der Waals surface area contributed by atoms with Gasteiger partial charge in [0.25, 0.3) is 0 Å². The van der Waals surface area contributed by atoms with Gasteiger partial charge in [-0.25, -0.2) is 0 Å². The van der Waals surface area contributed by atoms with Crippen molar-refractivity contribution in [3.8, 4) is 11.1 Å². The maximum atomic E-state index is 12.1. The number of hydrogen-bond acceptors (Lipinski definition) is 2. The lowest BCUT2D eigenvalue weighted by Gasteiger charge is -2.21. The van der Waals surface area contributed by atoms with Crippen LogP contribution < -0.4 is 71.3 Å². The second-order valence-electron chi connectivity index (χ2n) is 11.1. The molecule has 258 valence electrons. The zero-order valence-electron chi connectivity index (χ0n) is 26.3. The number of benzene rings is 3. The van der Waals surface area contributed by atoms with Crippen molar-refractivity contribution in [2.75, 3.05) is 39.3 Å². The predicted octanol–water partition coefficient (Wildman–Crippen LogP) is -11.8. The third kappa shape index (κ3) is 17.0. The van der Waals surface area contributed by atoms with Gasteiger partial charge < -0.3 is 81.5 Å². The number of aliphatic carboxylic acids is 2. The molecule has 0 unspecified atom stereocenters. The Morgan fingerprint density at radius 1 is 0.543 bits per heavy atom. The lowest BCUT2D eigenvalue weighted by Crippen LogP contribution is -3.00. The molecule has 0 saturated heterocycles. The molecule has 0 bridgehead atoms. The van der Waals surface area contributed by atoms with Crippen molar-refractivity contribution in [2.24, 2.45) is 11.8 Å². The maximum absolute atomic E-state index is 12.1. The standard InChI is InChI=1S/C34H46N4O4.4ClH/c35-17-4-18-36-19-5-20-37-21-6-22-38-25-28-11-15-30(16-12-28)29-13-9-27(10-14-29)24-32(34(41)42)31(33(39)40)23-26-7-2-1-3-8-26;;;;/h1-3,7-16,31-32,36-38H,4-6,17-25,35H2,(H,39,40)(H,41,42);4*1H/t31-,32-;;;;/m0..../s1. The van der Waals surface area contributed by atoms with Crippen LogP contribution in [0, 0.1) is 11.8 Å². The molecule has 3 rings (SSSR count). The molecule has 0 fully saturated rings. The molecular weight excluding hydrogens is 670 g/mol. The maximum Gasteiger partial charge on any atom is 0.307 e. The van der Waals surface area contributed by atoms with Crippen LogP contribution in [0.25, 0.3) is 11.1 Å². The van der Waals surface area contributed by atoms with Crippen LogP contribution in [0.1, 0.15) is 36.0 Å². The van der Waals surface area contributed by atoms with Gasteiger partial charge in [-0.3, -0.25) is 9.59 Å². The van der Waals surface area contributed by atoms with Gasteiger partial charge in [-0.1, -0.05) is 78.9 Å². The first kappa shape index (κ1) is 45.7. The number of hydrogen-bond donors (Lipinski definition) is 6. The van der Waals surface area contributed by atoms with Crippen LogP contribution >= 0.6 is 0 Å². The highest BCUT2D eigenvalue weighted by Gasteiger charge is 2.34. The quantitative estimate of drug-likeness (QED) is 0.0607. The molecule has 46 heavy (non-hydrogen) atoms. The van der Waals surface area contributed by atoms with Crippen molar-refractivity contribution in [3.63, 3.8) is 0 Å². The van der Waals surface area contributed by atoms with Crippen LogP contribution in [0.2, 0.25) is 0 Å². The Morgan fingerprint density at radius 2 is 0.935 bits per heavy atom. The minimum absolute atomic E-state index is 0. The van der Waals surface area contributed by atoms with Gasteiger partial charge in [0.2, 0.25) is 0 Å². The number of carbonyl (C=O) groups is 2. The van der Waals surface area contributed by atoms with E-state index < -0.39 is 23.8 Å². The normalized spacial score (nSPS) is 11.5. The topological polar surface area (TPSA) is 152 Å². The molecule has 0 aliphatic heterocycles.